The minimum absolute atomic E-state index is 0.0270. The number of nitrogens with one attached hydrogen (secondary N) is 1. The number of anilines is 1. The van der Waals surface area contributed by atoms with Gasteiger partial charge in [-0.15, -0.1) is 0 Å². The van der Waals surface area contributed by atoms with Crippen LogP contribution in [-0.4, -0.2) is 68.1 Å². The van der Waals surface area contributed by atoms with Gasteiger partial charge in [0.2, 0.25) is 5.91 Å². The molecule has 2 saturated heterocycles. The number of para-hydroxylation sites is 1. The van der Waals surface area contributed by atoms with E-state index in [1.165, 1.54) is 17.7 Å². The van der Waals surface area contributed by atoms with Crippen molar-refractivity contribution in [3.8, 4) is 5.75 Å². The molecular weight excluding hydrogens is 553 g/mol. The van der Waals surface area contributed by atoms with Crippen molar-refractivity contribution in [1.29, 1.82) is 0 Å². The summed E-state index contributed by atoms with van der Waals surface area (Å²) in [5.41, 5.74) is 2.24. The predicted octanol–water partition coefficient (Wildman–Crippen LogP) is 5.82. The number of benzene rings is 3. The molecule has 6 nitrogen and oxygen atoms in total. The van der Waals surface area contributed by atoms with E-state index < -0.39 is 11.7 Å². The minimum Gasteiger partial charge on any atom is -0.496 e. The molecule has 2 aliphatic heterocycles. The lowest BCUT2D eigenvalue weighted by Crippen LogP contribution is -2.56. The molecule has 0 aliphatic carbocycles. The summed E-state index contributed by atoms with van der Waals surface area (Å²) in [4.78, 5) is 20.0. The van der Waals surface area contributed by atoms with Crippen molar-refractivity contribution in [2.45, 2.75) is 44.6 Å². The topological polar surface area (TPSA) is 48.1 Å². The van der Waals surface area contributed by atoms with E-state index in [4.69, 9.17) is 4.74 Å². The van der Waals surface area contributed by atoms with Crippen LogP contribution in [0.5, 0.6) is 5.75 Å². The van der Waals surface area contributed by atoms with Crippen LogP contribution in [0.3, 0.4) is 0 Å². The Morgan fingerprint density at radius 2 is 1.67 bits per heavy atom. The SMILES string of the molecule is COc1ccccc1CNC(=O)CC[C@H]1CN(Cc2ccccc2)CC[C@H]1N1CCN(c2cccc(C(F)(F)F)c2)CC1. The molecule has 9 heteroatoms. The number of rotatable bonds is 10. The van der Waals surface area contributed by atoms with Crippen LogP contribution in [0.2, 0.25) is 0 Å². The Kier molecular flexibility index (Phi) is 10.3. The first-order chi connectivity index (χ1) is 20.8. The maximum Gasteiger partial charge on any atom is 0.416 e. The van der Waals surface area contributed by atoms with Gasteiger partial charge in [0.15, 0.2) is 0 Å². The number of piperazine rings is 1. The molecule has 0 radical (unpaired) electrons. The molecule has 0 saturated carbocycles. The van der Waals surface area contributed by atoms with Crippen LogP contribution in [-0.2, 0) is 24.1 Å². The lowest BCUT2D eigenvalue weighted by molar-refractivity contribution is -0.137. The summed E-state index contributed by atoms with van der Waals surface area (Å²) in [6.45, 7) is 6.13. The van der Waals surface area contributed by atoms with Crippen LogP contribution < -0.4 is 15.0 Å². The highest BCUT2D eigenvalue weighted by Gasteiger charge is 2.35. The van der Waals surface area contributed by atoms with Crippen LogP contribution in [0.15, 0.2) is 78.9 Å². The third-order valence-electron chi connectivity index (χ3n) is 8.76. The average Bonchev–Trinajstić information content (AvgIpc) is 3.03. The summed E-state index contributed by atoms with van der Waals surface area (Å²) < 4.78 is 45.3. The summed E-state index contributed by atoms with van der Waals surface area (Å²) in [6.07, 6.45) is -2.12. The molecule has 0 bridgehead atoms. The molecule has 43 heavy (non-hydrogen) atoms. The van der Waals surface area contributed by atoms with Gasteiger partial charge in [0.1, 0.15) is 5.75 Å². The summed E-state index contributed by atoms with van der Waals surface area (Å²) in [5, 5.41) is 3.06. The van der Waals surface area contributed by atoms with Crippen molar-refractivity contribution >= 4 is 11.6 Å². The third kappa shape index (κ3) is 8.30. The lowest BCUT2D eigenvalue weighted by Gasteiger charge is -2.47. The van der Waals surface area contributed by atoms with Gasteiger partial charge < -0.3 is 15.0 Å². The molecule has 0 spiro atoms. The van der Waals surface area contributed by atoms with Gasteiger partial charge in [-0.1, -0.05) is 54.6 Å². The van der Waals surface area contributed by atoms with Crippen molar-refractivity contribution in [3.63, 3.8) is 0 Å². The fourth-order valence-electron chi connectivity index (χ4n) is 6.48. The second-order valence-electron chi connectivity index (χ2n) is 11.5. The quantitative estimate of drug-likeness (QED) is 0.321. The Morgan fingerprint density at radius 3 is 2.42 bits per heavy atom. The number of hydrogen-bond donors (Lipinski definition) is 1. The van der Waals surface area contributed by atoms with Crippen LogP contribution in [0.4, 0.5) is 18.9 Å². The Labute approximate surface area is 252 Å². The zero-order valence-corrected chi connectivity index (χ0v) is 24.7. The minimum atomic E-state index is -4.35. The third-order valence-corrected chi connectivity index (χ3v) is 8.76. The van der Waals surface area contributed by atoms with Gasteiger partial charge in [-0.05, 0) is 55.1 Å². The lowest BCUT2D eigenvalue weighted by atomic mass is 9.86. The zero-order valence-electron chi connectivity index (χ0n) is 24.7. The van der Waals surface area contributed by atoms with Gasteiger partial charge in [0, 0.05) is 69.5 Å². The predicted molar refractivity (Wildman–Crippen MR) is 163 cm³/mol. The number of halogens is 3. The van der Waals surface area contributed by atoms with Crippen molar-refractivity contribution in [3.05, 3.63) is 95.6 Å². The Balaban J connectivity index is 1.20. The number of likely N-dealkylation sites (tertiary alicyclic amines) is 1. The number of nitrogens with zero attached hydrogens (tertiary/aromatic N) is 3. The number of piperidine rings is 1. The van der Waals surface area contributed by atoms with E-state index in [1.54, 1.807) is 13.2 Å². The molecule has 1 amide bonds. The molecule has 1 N–H and O–H groups in total. The second kappa shape index (κ2) is 14.3. The number of ether oxygens (including phenoxy) is 1. The first-order valence-corrected chi connectivity index (χ1v) is 15.1. The monoisotopic (exact) mass is 594 g/mol. The van der Waals surface area contributed by atoms with E-state index in [-0.39, 0.29) is 5.91 Å². The maximum atomic E-state index is 13.3. The van der Waals surface area contributed by atoms with E-state index in [0.717, 1.165) is 62.9 Å². The molecule has 3 aromatic carbocycles. The molecule has 2 heterocycles. The fraction of sp³-hybridized carbons (Fsp3) is 0.441. The Morgan fingerprint density at radius 1 is 0.930 bits per heavy atom. The first kappa shape index (κ1) is 30.9. The molecule has 3 aromatic rings. The summed E-state index contributed by atoms with van der Waals surface area (Å²) >= 11 is 0. The van der Waals surface area contributed by atoms with Gasteiger partial charge in [0.05, 0.1) is 12.7 Å². The highest BCUT2D eigenvalue weighted by molar-refractivity contribution is 5.76. The van der Waals surface area contributed by atoms with Crippen molar-refractivity contribution in [1.82, 2.24) is 15.1 Å². The molecular formula is C34H41F3N4O2. The molecule has 5 rings (SSSR count). The fourth-order valence-corrected chi connectivity index (χ4v) is 6.48. The summed E-state index contributed by atoms with van der Waals surface area (Å²) in [5.74, 6) is 1.10. The Bertz CT molecular complexity index is 1330. The standard InChI is InChI=1S/C34H41F3N4O2/c1-43-32-13-6-5-10-27(32)23-38-33(42)15-14-28-25-39(24-26-8-3-2-4-9-26)17-16-31(28)41-20-18-40(19-21-41)30-12-7-11-29(22-30)34(35,36)37/h2-13,22,28,31H,14-21,23-25H2,1H3,(H,38,42)/t28-,31+/m0/s1. The number of alkyl halides is 3. The number of carbonyl (C=O) groups is 1. The average molecular weight is 595 g/mol. The van der Waals surface area contributed by atoms with Crippen LogP contribution in [0.25, 0.3) is 0 Å². The van der Waals surface area contributed by atoms with Crippen molar-refractivity contribution < 1.29 is 22.7 Å². The number of carbonyl (C=O) groups excluding carboxylic acids is 1. The van der Waals surface area contributed by atoms with Gasteiger partial charge >= 0.3 is 6.18 Å². The highest BCUT2D eigenvalue weighted by atomic mass is 19.4. The van der Waals surface area contributed by atoms with E-state index >= 15 is 0 Å². The van der Waals surface area contributed by atoms with Crippen molar-refractivity contribution in [2.75, 3.05) is 51.3 Å². The van der Waals surface area contributed by atoms with Gasteiger partial charge in [-0.25, -0.2) is 0 Å². The molecule has 0 unspecified atom stereocenters. The van der Waals surface area contributed by atoms with E-state index in [0.29, 0.717) is 43.7 Å². The van der Waals surface area contributed by atoms with E-state index in [1.807, 2.05) is 30.3 Å². The van der Waals surface area contributed by atoms with E-state index in [9.17, 15) is 18.0 Å². The normalized spacial score (nSPS) is 20.1. The van der Waals surface area contributed by atoms with E-state index in [2.05, 4.69) is 44.3 Å². The summed E-state index contributed by atoms with van der Waals surface area (Å²) in [6, 6.07) is 24.1. The van der Waals surface area contributed by atoms with Crippen molar-refractivity contribution in [2.24, 2.45) is 5.92 Å². The van der Waals surface area contributed by atoms with Crippen LogP contribution in [0.1, 0.15) is 36.0 Å². The molecule has 2 fully saturated rings. The van der Waals surface area contributed by atoms with Gasteiger partial charge in [-0.3, -0.25) is 14.6 Å². The summed E-state index contributed by atoms with van der Waals surface area (Å²) in [7, 11) is 1.63. The number of hydrogen-bond acceptors (Lipinski definition) is 5. The van der Waals surface area contributed by atoms with Gasteiger partial charge in [-0.2, -0.15) is 13.2 Å². The number of methoxy groups -OCH3 is 1. The second-order valence-corrected chi connectivity index (χ2v) is 11.5. The molecule has 2 aliphatic rings. The van der Waals surface area contributed by atoms with Crippen LogP contribution >= 0.6 is 0 Å². The number of amides is 1. The first-order valence-electron chi connectivity index (χ1n) is 15.1. The smallest absolute Gasteiger partial charge is 0.416 e. The maximum absolute atomic E-state index is 13.3. The molecule has 230 valence electrons. The Hall–Kier alpha value is -3.56. The van der Waals surface area contributed by atoms with Gasteiger partial charge in [0.25, 0.3) is 0 Å². The zero-order chi connectivity index (χ0) is 30.2. The highest BCUT2D eigenvalue weighted by Crippen LogP contribution is 2.33. The molecule has 0 aromatic heterocycles. The van der Waals surface area contributed by atoms with Crippen LogP contribution in [0, 0.1) is 5.92 Å². The molecule has 2 atom stereocenters. The largest absolute Gasteiger partial charge is 0.496 e.